The Morgan fingerprint density at radius 2 is 1.77 bits per heavy atom. The maximum Gasteiger partial charge on any atom is 0.331 e. The van der Waals surface area contributed by atoms with Gasteiger partial charge in [-0.1, -0.05) is 46.5 Å². The highest BCUT2D eigenvalue weighted by molar-refractivity contribution is 5.86. The van der Waals surface area contributed by atoms with Crippen molar-refractivity contribution in [2.24, 2.45) is 0 Å². The molecule has 0 radical (unpaired) electrons. The predicted molar refractivity (Wildman–Crippen MR) is 90.4 cm³/mol. The second-order valence-electron chi connectivity index (χ2n) is 4.74. The molecule has 22 heavy (non-hydrogen) atoms. The molecular weight excluding hydrogens is 280 g/mol. The Morgan fingerprint density at radius 1 is 1.14 bits per heavy atom. The smallest absolute Gasteiger partial charge is 0.331 e. The van der Waals surface area contributed by atoms with Crippen molar-refractivity contribution in [2.75, 3.05) is 13.1 Å². The van der Waals surface area contributed by atoms with Crippen molar-refractivity contribution >= 4 is 11.9 Å². The largest absolute Gasteiger partial charge is 0.478 e. The fourth-order valence-electron chi connectivity index (χ4n) is 1.55. The Hall–Kier alpha value is -1.62. The Kier molecular flexibility index (Phi) is 18.0. The van der Waals surface area contributed by atoms with E-state index in [4.69, 9.17) is 5.11 Å². The molecule has 0 fully saturated rings. The molecule has 0 aliphatic rings. The van der Waals surface area contributed by atoms with Gasteiger partial charge < -0.3 is 15.7 Å². The van der Waals surface area contributed by atoms with Crippen LogP contribution in [0.2, 0.25) is 0 Å². The lowest BCUT2D eigenvalue weighted by Gasteiger charge is -2.02. The number of carbonyl (C=O) groups is 2. The third kappa shape index (κ3) is 16.4. The molecule has 4 N–H and O–H groups in total. The molecule has 0 saturated heterocycles. The number of nitrogens with two attached hydrogens (primary N) is 1. The molecule has 0 bridgehead atoms. The predicted octanol–water partition coefficient (Wildman–Crippen LogP) is 2.21. The van der Waals surface area contributed by atoms with Gasteiger partial charge in [-0.3, -0.25) is 4.79 Å². The van der Waals surface area contributed by atoms with Crippen molar-refractivity contribution in [3.05, 3.63) is 23.9 Å². The first kappa shape index (κ1) is 22.7. The maximum absolute atomic E-state index is 11.5. The first-order chi connectivity index (χ1) is 10.6. The standard InChI is InChI=1S/C15H26N2O3.C2H6/c1-3-4-5-6-7-11-17-14(18)12-16-10-8-9-13(2)15(19)20;1-2/h8-10,16H,3-7,11-12H2,1-2H3,(H,17,18)(H,19,20);1-2H3/p+1/b10-8-,13-9+;. The average Bonchev–Trinajstić information content (AvgIpc) is 2.52. The first-order valence-electron chi connectivity index (χ1n) is 8.24. The van der Waals surface area contributed by atoms with Gasteiger partial charge in [-0.15, -0.1) is 0 Å². The van der Waals surface area contributed by atoms with E-state index in [9.17, 15) is 9.59 Å². The van der Waals surface area contributed by atoms with Crippen LogP contribution in [0.15, 0.2) is 23.9 Å². The molecule has 5 nitrogen and oxygen atoms in total. The summed E-state index contributed by atoms with van der Waals surface area (Å²) in [6.07, 6.45) is 10.7. The summed E-state index contributed by atoms with van der Waals surface area (Å²) >= 11 is 0. The molecule has 0 spiro atoms. The molecule has 0 aliphatic carbocycles. The van der Waals surface area contributed by atoms with Crippen LogP contribution >= 0.6 is 0 Å². The van der Waals surface area contributed by atoms with Gasteiger partial charge in [0.2, 0.25) is 0 Å². The number of quaternary nitrogens is 1. The maximum atomic E-state index is 11.5. The van der Waals surface area contributed by atoms with Crippen molar-refractivity contribution in [3.8, 4) is 0 Å². The number of carboxylic acids is 1. The topological polar surface area (TPSA) is 83.0 Å². The van der Waals surface area contributed by atoms with Crippen LogP contribution < -0.4 is 10.6 Å². The number of carboxylic acid groups (broad SMARTS) is 1. The summed E-state index contributed by atoms with van der Waals surface area (Å²) in [6.45, 7) is 8.76. The van der Waals surface area contributed by atoms with Gasteiger partial charge in [0.15, 0.2) is 6.54 Å². The van der Waals surface area contributed by atoms with Crippen LogP contribution in [0.1, 0.15) is 59.8 Å². The van der Waals surface area contributed by atoms with E-state index >= 15 is 0 Å². The van der Waals surface area contributed by atoms with E-state index in [0.29, 0.717) is 6.54 Å². The molecule has 1 amide bonds. The van der Waals surface area contributed by atoms with E-state index in [-0.39, 0.29) is 11.5 Å². The highest BCUT2D eigenvalue weighted by Gasteiger charge is 2.00. The van der Waals surface area contributed by atoms with E-state index in [1.54, 1.807) is 17.6 Å². The second-order valence-corrected chi connectivity index (χ2v) is 4.74. The molecule has 128 valence electrons. The second kappa shape index (κ2) is 17.4. The lowest BCUT2D eigenvalue weighted by Crippen LogP contribution is -2.80. The van der Waals surface area contributed by atoms with Gasteiger partial charge in [0, 0.05) is 12.1 Å². The van der Waals surface area contributed by atoms with E-state index in [2.05, 4.69) is 12.2 Å². The van der Waals surface area contributed by atoms with Crippen molar-refractivity contribution in [1.29, 1.82) is 0 Å². The van der Waals surface area contributed by atoms with Crippen LogP contribution in [0.25, 0.3) is 0 Å². The molecule has 0 aliphatic heterocycles. The molecule has 0 rings (SSSR count). The summed E-state index contributed by atoms with van der Waals surface area (Å²) in [7, 11) is 0. The summed E-state index contributed by atoms with van der Waals surface area (Å²) in [4.78, 5) is 22.0. The quantitative estimate of drug-likeness (QED) is 0.311. The zero-order valence-corrected chi connectivity index (χ0v) is 14.5. The molecule has 0 unspecified atom stereocenters. The third-order valence-corrected chi connectivity index (χ3v) is 2.84. The Balaban J connectivity index is 0. The van der Waals surface area contributed by atoms with Gasteiger partial charge >= 0.3 is 5.97 Å². The van der Waals surface area contributed by atoms with Crippen LogP contribution in [-0.2, 0) is 9.59 Å². The van der Waals surface area contributed by atoms with E-state index in [1.807, 2.05) is 13.8 Å². The van der Waals surface area contributed by atoms with Gasteiger partial charge in [0.1, 0.15) is 0 Å². The summed E-state index contributed by atoms with van der Waals surface area (Å²) in [6, 6.07) is 0. The minimum absolute atomic E-state index is 0.00378. The third-order valence-electron chi connectivity index (χ3n) is 2.84. The van der Waals surface area contributed by atoms with Crippen LogP contribution in [0, 0.1) is 0 Å². The summed E-state index contributed by atoms with van der Waals surface area (Å²) in [5, 5.41) is 13.2. The lowest BCUT2D eigenvalue weighted by molar-refractivity contribution is -0.575. The van der Waals surface area contributed by atoms with E-state index < -0.39 is 5.97 Å². The number of aliphatic carboxylic acids is 1. The molecule has 0 aromatic heterocycles. The van der Waals surface area contributed by atoms with Crippen molar-refractivity contribution in [1.82, 2.24) is 5.32 Å². The minimum Gasteiger partial charge on any atom is -0.478 e. The van der Waals surface area contributed by atoms with Crippen molar-refractivity contribution in [3.63, 3.8) is 0 Å². The van der Waals surface area contributed by atoms with Gasteiger partial charge in [0.05, 0.1) is 6.20 Å². The number of unbranched alkanes of at least 4 members (excludes halogenated alkanes) is 4. The van der Waals surface area contributed by atoms with Crippen LogP contribution in [0.5, 0.6) is 0 Å². The molecule has 0 aromatic rings. The lowest BCUT2D eigenvalue weighted by atomic mass is 10.1. The van der Waals surface area contributed by atoms with Crippen molar-refractivity contribution in [2.45, 2.75) is 59.8 Å². The Morgan fingerprint density at radius 3 is 2.36 bits per heavy atom. The molecule has 5 heteroatoms. The zero-order valence-electron chi connectivity index (χ0n) is 14.5. The van der Waals surface area contributed by atoms with Crippen molar-refractivity contribution < 1.29 is 20.0 Å². The Labute approximate surface area is 134 Å². The number of amides is 1. The van der Waals surface area contributed by atoms with Crippen LogP contribution in [0.3, 0.4) is 0 Å². The fraction of sp³-hybridized carbons (Fsp3) is 0.647. The number of carbonyl (C=O) groups excluding carboxylic acids is 1. The van der Waals surface area contributed by atoms with Crippen LogP contribution in [-0.4, -0.2) is 30.1 Å². The summed E-state index contributed by atoms with van der Waals surface area (Å²) < 4.78 is 0. The minimum atomic E-state index is -0.935. The summed E-state index contributed by atoms with van der Waals surface area (Å²) in [5.74, 6) is -0.931. The van der Waals surface area contributed by atoms with E-state index in [1.165, 1.54) is 32.3 Å². The molecule has 0 heterocycles. The average molecular weight is 313 g/mol. The number of allylic oxidation sites excluding steroid dienone is 2. The molecular formula is C17H33N2O3+. The highest BCUT2D eigenvalue weighted by atomic mass is 16.4. The first-order valence-corrected chi connectivity index (χ1v) is 8.24. The number of hydrogen-bond donors (Lipinski definition) is 3. The van der Waals surface area contributed by atoms with Crippen LogP contribution in [0.4, 0.5) is 0 Å². The van der Waals surface area contributed by atoms with E-state index in [0.717, 1.165) is 19.4 Å². The number of rotatable bonds is 11. The zero-order chi connectivity index (χ0) is 17.2. The molecule has 0 atom stereocenters. The van der Waals surface area contributed by atoms with Gasteiger partial charge in [-0.2, -0.15) is 0 Å². The number of nitrogens with one attached hydrogen (secondary N) is 1. The SMILES string of the molecule is CC.CCCCCCCNC(=O)C[NH2+]/C=C\C=C(/C)C(=O)O. The molecule has 0 aromatic carbocycles. The number of hydrogen-bond acceptors (Lipinski definition) is 2. The highest BCUT2D eigenvalue weighted by Crippen LogP contribution is 2.00. The fourth-order valence-corrected chi connectivity index (χ4v) is 1.55. The van der Waals surface area contributed by atoms with Gasteiger partial charge in [0.25, 0.3) is 5.91 Å². The monoisotopic (exact) mass is 313 g/mol. The normalized spacial score (nSPS) is 11.0. The molecule has 0 saturated carbocycles. The summed E-state index contributed by atoms with van der Waals surface area (Å²) in [5.41, 5.74) is 0.270. The Bertz CT molecular complexity index is 350. The van der Waals surface area contributed by atoms with Gasteiger partial charge in [-0.25, -0.2) is 4.79 Å². The van der Waals surface area contributed by atoms with Gasteiger partial charge in [-0.05, 0) is 25.5 Å².